The van der Waals surface area contributed by atoms with Gasteiger partial charge < -0.3 is 20.5 Å². The van der Waals surface area contributed by atoms with Crippen LogP contribution in [0.15, 0.2) is 0 Å². The molecule has 0 spiro atoms. The lowest BCUT2D eigenvalue weighted by atomic mass is 10.3. The standard InChI is InChI=1S/C7H10N2O5/c1-8-3(10)2-9-6(11)4-5(14-4)7(12)13/h4-5H,2H2,1H3,(H,8,10)(H,9,11)(H,12,13). The maximum Gasteiger partial charge on any atom is 0.336 e. The van der Waals surface area contributed by atoms with E-state index in [1.807, 2.05) is 0 Å². The van der Waals surface area contributed by atoms with Crippen molar-refractivity contribution in [1.29, 1.82) is 0 Å². The first-order valence-electron chi connectivity index (χ1n) is 3.93. The average molecular weight is 202 g/mol. The molecule has 1 fully saturated rings. The summed E-state index contributed by atoms with van der Waals surface area (Å²) in [6, 6.07) is 0. The molecule has 78 valence electrons. The van der Waals surface area contributed by atoms with Crippen LogP contribution in [0.4, 0.5) is 0 Å². The number of rotatable bonds is 4. The normalized spacial score (nSPS) is 23.8. The molecule has 7 nitrogen and oxygen atoms in total. The Morgan fingerprint density at radius 3 is 2.43 bits per heavy atom. The number of carboxylic acid groups (broad SMARTS) is 1. The number of carbonyl (C=O) groups is 3. The van der Waals surface area contributed by atoms with E-state index in [1.54, 1.807) is 0 Å². The monoisotopic (exact) mass is 202 g/mol. The van der Waals surface area contributed by atoms with Gasteiger partial charge in [0.25, 0.3) is 5.91 Å². The number of likely N-dealkylation sites (N-methyl/N-ethyl adjacent to an activating group) is 1. The Balaban J connectivity index is 2.25. The lowest BCUT2D eigenvalue weighted by molar-refractivity contribution is -0.138. The van der Waals surface area contributed by atoms with Crippen molar-refractivity contribution in [2.75, 3.05) is 13.6 Å². The van der Waals surface area contributed by atoms with E-state index in [0.717, 1.165) is 0 Å². The number of nitrogens with one attached hydrogen (secondary N) is 2. The molecule has 3 N–H and O–H groups in total. The fraction of sp³-hybridized carbons (Fsp3) is 0.571. The summed E-state index contributed by atoms with van der Waals surface area (Å²) in [7, 11) is 1.43. The Hall–Kier alpha value is -1.63. The van der Waals surface area contributed by atoms with E-state index in [2.05, 4.69) is 15.4 Å². The summed E-state index contributed by atoms with van der Waals surface area (Å²) in [5.41, 5.74) is 0. The third-order valence-corrected chi connectivity index (χ3v) is 1.70. The highest BCUT2D eigenvalue weighted by Gasteiger charge is 2.50. The minimum atomic E-state index is -1.18. The second-order valence-electron chi connectivity index (χ2n) is 2.71. The Bertz CT molecular complexity index is 277. The summed E-state index contributed by atoms with van der Waals surface area (Å²) in [4.78, 5) is 32.0. The van der Waals surface area contributed by atoms with Crippen molar-refractivity contribution in [3.8, 4) is 0 Å². The van der Waals surface area contributed by atoms with Crippen LogP contribution in [0, 0.1) is 0 Å². The fourth-order valence-corrected chi connectivity index (χ4v) is 0.856. The van der Waals surface area contributed by atoms with Gasteiger partial charge in [-0.05, 0) is 0 Å². The number of ether oxygens (including phenoxy) is 1. The van der Waals surface area contributed by atoms with Crippen LogP contribution in [-0.2, 0) is 19.1 Å². The quantitative estimate of drug-likeness (QED) is 0.444. The van der Waals surface area contributed by atoms with E-state index >= 15 is 0 Å². The smallest absolute Gasteiger partial charge is 0.336 e. The zero-order valence-corrected chi connectivity index (χ0v) is 7.44. The Kier molecular flexibility index (Phi) is 3.03. The van der Waals surface area contributed by atoms with Crippen molar-refractivity contribution in [2.45, 2.75) is 12.2 Å². The van der Waals surface area contributed by atoms with E-state index in [0.29, 0.717) is 0 Å². The molecule has 0 aromatic carbocycles. The van der Waals surface area contributed by atoms with Gasteiger partial charge in [-0.2, -0.15) is 0 Å². The number of epoxide rings is 1. The molecule has 1 heterocycles. The zero-order valence-electron chi connectivity index (χ0n) is 7.44. The molecule has 2 amide bonds. The van der Waals surface area contributed by atoms with Gasteiger partial charge in [-0.1, -0.05) is 0 Å². The topological polar surface area (TPSA) is 108 Å². The van der Waals surface area contributed by atoms with Crippen molar-refractivity contribution in [1.82, 2.24) is 10.6 Å². The van der Waals surface area contributed by atoms with Crippen LogP contribution in [0.25, 0.3) is 0 Å². The largest absolute Gasteiger partial charge is 0.479 e. The molecule has 0 aliphatic carbocycles. The first-order valence-corrected chi connectivity index (χ1v) is 3.93. The van der Waals surface area contributed by atoms with Crippen LogP contribution in [0.3, 0.4) is 0 Å². The average Bonchev–Trinajstić information content (AvgIpc) is 2.92. The molecule has 0 saturated carbocycles. The van der Waals surface area contributed by atoms with E-state index in [9.17, 15) is 14.4 Å². The molecule has 1 aliphatic heterocycles. The maximum absolute atomic E-state index is 11.1. The Morgan fingerprint density at radius 1 is 1.36 bits per heavy atom. The lowest BCUT2D eigenvalue weighted by Gasteiger charge is -2.00. The summed E-state index contributed by atoms with van der Waals surface area (Å²) < 4.78 is 4.56. The van der Waals surface area contributed by atoms with Crippen LogP contribution >= 0.6 is 0 Å². The van der Waals surface area contributed by atoms with Gasteiger partial charge in [0, 0.05) is 7.05 Å². The molecular weight excluding hydrogens is 192 g/mol. The van der Waals surface area contributed by atoms with Crippen LogP contribution in [-0.4, -0.2) is 48.7 Å². The Labute approximate surface area is 79.4 Å². The van der Waals surface area contributed by atoms with E-state index in [4.69, 9.17) is 5.11 Å². The van der Waals surface area contributed by atoms with Gasteiger partial charge in [0.05, 0.1) is 6.54 Å². The van der Waals surface area contributed by atoms with Gasteiger partial charge in [0.2, 0.25) is 5.91 Å². The predicted octanol–water partition coefficient (Wildman–Crippen LogP) is -2.30. The highest BCUT2D eigenvalue weighted by Crippen LogP contribution is 2.21. The second kappa shape index (κ2) is 4.05. The van der Waals surface area contributed by atoms with Gasteiger partial charge in [-0.25, -0.2) is 4.79 Å². The lowest BCUT2D eigenvalue weighted by Crippen LogP contribution is -2.38. The minimum Gasteiger partial charge on any atom is -0.479 e. The van der Waals surface area contributed by atoms with Crippen molar-refractivity contribution >= 4 is 17.8 Å². The van der Waals surface area contributed by atoms with E-state index in [1.165, 1.54) is 7.05 Å². The minimum absolute atomic E-state index is 0.179. The zero-order chi connectivity index (χ0) is 10.7. The van der Waals surface area contributed by atoms with E-state index < -0.39 is 24.1 Å². The van der Waals surface area contributed by atoms with Crippen molar-refractivity contribution < 1.29 is 24.2 Å². The summed E-state index contributed by atoms with van der Waals surface area (Å²) in [6.07, 6.45) is -2.03. The van der Waals surface area contributed by atoms with E-state index in [-0.39, 0.29) is 12.5 Å². The molecule has 1 aliphatic rings. The third kappa shape index (κ3) is 2.43. The number of carboxylic acids is 1. The molecule has 0 aromatic heterocycles. The van der Waals surface area contributed by atoms with Gasteiger partial charge in [-0.15, -0.1) is 0 Å². The molecule has 2 atom stereocenters. The SMILES string of the molecule is CNC(=O)CNC(=O)C1OC1C(=O)O. The van der Waals surface area contributed by atoms with Crippen molar-refractivity contribution in [3.05, 3.63) is 0 Å². The second-order valence-corrected chi connectivity index (χ2v) is 2.71. The molecule has 0 bridgehead atoms. The Morgan fingerprint density at radius 2 is 2.00 bits per heavy atom. The summed E-state index contributed by atoms with van der Waals surface area (Å²) in [6.45, 7) is -0.179. The highest BCUT2D eigenvalue weighted by molar-refractivity contribution is 5.93. The van der Waals surface area contributed by atoms with Crippen LogP contribution in [0.2, 0.25) is 0 Å². The van der Waals surface area contributed by atoms with Crippen molar-refractivity contribution in [2.24, 2.45) is 0 Å². The molecule has 0 radical (unpaired) electrons. The van der Waals surface area contributed by atoms with Gasteiger partial charge in [0.15, 0.2) is 12.2 Å². The first kappa shape index (κ1) is 10.5. The van der Waals surface area contributed by atoms with Crippen LogP contribution in [0.1, 0.15) is 0 Å². The summed E-state index contributed by atoms with van der Waals surface area (Å²) in [5, 5.41) is 13.0. The number of hydrogen-bond acceptors (Lipinski definition) is 4. The van der Waals surface area contributed by atoms with Gasteiger partial charge in [-0.3, -0.25) is 9.59 Å². The molecule has 2 unspecified atom stereocenters. The fourth-order valence-electron chi connectivity index (χ4n) is 0.856. The van der Waals surface area contributed by atoms with Gasteiger partial charge >= 0.3 is 5.97 Å². The highest BCUT2D eigenvalue weighted by atomic mass is 16.6. The van der Waals surface area contributed by atoms with Crippen LogP contribution < -0.4 is 10.6 Å². The summed E-state index contributed by atoms with van der Waals surface area (Å²) >= 11 is 0. The summed E-state index contributed by atoms with van der Waals surface area (Å²) in [5.74, 6) is -2.11. The first-order chi connectivity index (χ1) is 6.56. The number of hydrogen-bond donors (Lipinski definition) is 3. The number of carbonyl (C=O) groups excluding carboxylic acids is 2. The molecule has 1 rings (SSSR count). The molecule has 7 heteroatoms. The molecule has 14 heavy (non-hydrogen) atoms. The molecule has 1 saturated heterocycles. The number of aliphatic carboxylic acids is 1. The molecule has 0 aromatic rings. The molecular formula is C7H10N2O5. The maximum atomic E-state index is 11.1. The van der Waals surface area contributed by atoms with Crippen molar-refractivity contribution in [3.63, 3.8) is 0 Å². The van der Waals surface area contributed by atoms with Crippen LogP contribution in [0.5, 0.6) is 0 Å². The number of amides is 2. The third-order valence-electron chi connectivity index (χ3n) is 1.70. The van der Waals surface area contributed by atoms with Gasteiger partial charge in [0.1, 0.15) is 0 Å². The predicted molar refractivity (Wildman–Crippen MR) is 43.4 cm³/mol.